The van der Waals surface area contributed by atoms with Crippen molar-refractivity contribution in [2.75, 3.05) is 24.5 Å². The molecule has 1 amide bonds. The Bertz CT molecular complexity index is 1120. The summed E-state index contributed by atoms with van der Waals surface area (Å²) < 4.78 is 1.28. The van der Waals surface area contributed by atoms with Crippen LogP contribution in [0.25, 0.3) is 10.2 Å². The summed E-state index contributed by atoms with van der Waals surface area (Å²) in [4.78, 5) is 25.8. The van der Waals surface area contributed by atoms with Gasteiger partial charge >= 0.3 is 0 Å². The standard InChI is InChI=1S/C23H23N5OS/c24-13-18-12-19(7-8-25-18)27-9-10-28-20(14-27)11-17(23(28)29)5-1-3-16-4-2-6-21-22(16)30-15-26-21/h2,4,6-8,12,15,17,20H,1,3,5,9-11,14H2/t17-,20-/m0/s1. The Morgan fingerprint density at radius 1 is 1.23 bits per heavy atom. The Labute approximate surface area is 179 Å². The summed E-state index contributed by atoms with van der Waals surface area (Å²) in [5.74, 6) is 0.450. The fraction of sp³-hybridized carbons (Fsp3) is 0.391. The molecule has 0 spiro atoms. The second-order valence-electron chi connectivity index (χ2n) is 8.09. The van der Waals surface area contributed by atoms with Crippen LogP contribution < -0.4 is 4.90 Å². The van der Waals surface area contributed by atoms with Crippen LogP contribution in [0.3, 0.4) is 0 Å². The number of anilines is 1. The summed E-state index contributed by atoms with van der Waals surface area (Å²) >= 11 is 1.70. The molecule has 152 valence electrons. The molecule has 2 aliphatic rings. The number of pyridine rings is 1. The van der Waals surface area contributed by atoms with E-state index in [1.165, 1.54) is 10.3 Å². The van der Waals surface area contributed by atoms with Gasteiger partial charge in [-0.25, -0.2) is 9.97 Å². The lowest BCUT2D eigenvalue weighted by Gasteiger charge is -2.38. The summed E-state index contributed by atoms with van der Waals surface area (Å²) in [6, 6.07) is 12.5. The average Bonchev–Trinajstić information content (AvgIpc) is 3.39. The number of piperazine rings is 1. The highest BCUT2D eigenvalue weighted by molar-refractivity contribution is 7.16. The van der Waals surface area contributed by atoms with E-state index in [2.05, 4.69) is 44.0 Å². The summed E-state index contributed by atoms with van der Waals surface area (Å²) in [6.07, 6.45) is 5.57. The monoisotopic (exact) mass is 417 g/mol. The molecule has 3 aromatic rings. The van der Waals surface area contributed by atoms with Gasteiger partial charge in [0, 0.05) is 37.4 Å². The predicted molar refractivity (Wildman–Crippen MR) is 117 cm³/mol. The van der Waals surface area contributed by atoms with E-state index < -0.39 is 0 Å². The largest absolute Gasteiger partial charge is 0.368 e. The van der Waals surface area contributed by atoms with Gasteiger partial charge in [-0.2, -0.15) is 5.26 Å². The van der Waals surface area contributed by atoms with Gasteiger partial charge in [0.05, 0.1) is 21.8 Å². The first-order valence-electron chi connectivity index (χ1n) is 10.5. The van der Waals surface area contributed by atoms with Gasteiger partial charge in [0.2, 0.25) is 5.91 Å². The Morgan fingerprint density at radius 2 is 2.17 bits per heavy atom. The number of thiazole rings is 1. The van der Waals surface area contributed by atoms with Crippen molar-refractivity contribution in [1.29, 1.82) is 5.26 Å². The van der Waals surface area contributed by atoms with Crippen molar-refractivity contribution in [2.24, 2.45) is 5.92 Å². The number of hydrogen-bond acceptors (Lipinski definition) is 6. The van der Waals surface area contributed by atoms with Crippen LogP contribution >= 0.6 is 11.3 Å². The van der Waals surface area contributed by atoms with E-state index in [0.29, 0.717) is 11.6 Å². The normalized spacial score (nSPS) is 21.1. The van der Waals surface area contributed by atoms with Crippen LogP contribution in [0.15, 0.2) is 42.0 Å². The summed E-state index contributed by atoms with van der Waals surface area (Å²) in [5.41, 5.74) is 5.78. The van der Waals surface area contributed by atoms with E-state index in [4.69, 9.17) is 5.26 Å². The fourth-order valence-electron chi connectivity index (χ4n) is 4.84. The van der Waals surface area contributed by atoms with Gasteiger partial charge in [0.25, 0.3) is 0 Å². The maximum atomic E-state index is 12.9. The number of amides is 1. The molecule has 2 saturated heterocycles. The molecule has 4 heterocycles. The zero-order chi connectivity index (χ0) is 20.5. The van der Waals surface area contributed by atoms with Gasteiger partial charge in [0.1, 0.15) is 11.8 Å². The lowest BCUT2D eigenvalue weighted by Crippen LogP contribution is -2.51. The average molecular weight is 418 g/mol. The highest BCUT2D eigenvalue weighted by Crippen LogP contribution is 2.33. The second kappa shape index (κ2) is 8.04. The van der Waals surface area contributed by atoms with Crippen molar-refractivity contribution in [1.82, 2.24) is 14.9 Å². The minimum absolute atomic E-state index is 0.128. The van der Waals surface area contributed by atoms with Crippen LogP contribution in [0.5, 0.6) is 0 Å². The molecule has 0 aliphatic carbocycles. The van der Waals surface area contributed by atoms with Crippen molar-refractivity contribution in [3.8, 4) is 6.07 Å². The first-order chi connectivity index (χ1) is 14.7. The van der Waals surface area contributed by atoms with Crippen molar-refractivity contribution >= 4 is 33.1 Å². The van der Waals surface area contributed by atoms with Crippen LogP contribution in [0, 0.1) is 17.2 Å². The quantitative estimate of drug-likeness (QED) is 0.634. The Hall–Kier alpha value is -2.98. The molecule has 0 radical (unpaired) electrons. The molecule has 7 heteroatoms. The van der Waals surface area contributed by atoms with Gasteiger partial charge in [-0.1, -0.05) is 12.1 Å². The van der Waals surface area contributed by atoms with E-state index >= 15 is 0 Å². The van der Waals surface area contributed by atoms with Gasteiger partial charge in [-0.05, 0) is 49.4 Å². The number of rotatable bonds is 5. The van der Waals surface area contributed by atoms with Gasteiger partial charge in [0.15, 0.2) is 0 Å². The fourth-order valence-corrected chi connectivity index (χ4v) is 5.68. The number of aryl methyl sites for hydroxylation is 1. The molecule has 1 aromatic carbocycles. The summed E-state index contributed by atoms with van der Waals surface area (Å²) in [7, 11) is 0. The van der Waals surface area contributed by atoms with Crippen LogP contribution in [-0.2, 0) is 11.2 Å². The van der Waals surface area contributed by atoms with Crippen LogP contribution in [0.1, 0.15) is 30.5 Å². The minimum atomic E-state index is 0.128. The summed E-state index contributed by atoms with van der Waals surface area (Å²) in [5, 5.41) is 9.10. The third-order valence-corrected chi connectivity index (χ3v) is 7.25. The molecule has 0 N–H and O–H groups in total. The molecule has 30 heavy (non-hydrogen) atoms. The number of benzene rings is 1. The van der Waals surface area contributed by atoms with Crippen molar-refractivity contribution in [3.63, 3.8) is 0 Å². The lowest BCUT2D eigenvalue weighted by atomic mass is 9.96. The van der Waals surface area contributed by atoms with Gasteiger partial charge in [-0.3, -0.25) is 4.79 Å². The molecule has 6 nitrogen and oxygen atoms in total. The minimum Gasteiger partial charge on any atom is -0.368 e. The molecule has 2 fully saturated rings. The van der Waals surface area contributed by atoms with Gasteiger partial charge < -0.3 is 9.80 Å². The predicted octanol–water partition coefficient (Wildman–Crippen LogP) is 3.62. The first-order valence-corrected chi connectivity index (χ1v) is 11.3. The highest BCUT2D eigenvalue weighted by Gasteiger charge is 2.41. The Balaban J connectivity index is 1.20. The maximum absolute atomic E-state index is 12.9. The topological polar surface area (TPSA) is 73.1 Å². The number of nitrogens with zero attached hydrogens (tertiary/aromatic N) is 5. The van der Waals surface area contributed by atoms with E-state index in [-0.39, 0.29) is 12.0 Å². The van der Waals surface area contributed by atoms with Crippen LogP contribution in [0.2, 0.25) is 0 Å². The number of aromatic nitrogens is 2. The van der Waals surface area contributed by atoms with E-state index in [1.807, 2.05) is 17.6 Å². The van der Waals surface area contributed by atoms with Crippen molar-refractivity contribution in [3.05, 3.63) is 53.3 Å². The smallest absolute Gasteiger partial charge is 0.226 e. The third-order valence-electron chi connectivity index (χ3n) is 6.33. The molecule has 5 rings (SSSR count). The zero-order valence-corrected chi connectivity index (χ0v) is 17.5. The number of carbonyl (C=O) groups excluding carboxylic acids is 1. The molecular weight excluding hydrogens is 394 g/mol. The third kappa shape index (κ3) is 3.52. The van der Waals surface area contributed by atoms with Crippen LogP contribution in [0.4, 0.5) is 5.69 Å². The number of nitriles is 1. The Kier molecular flexibility index (Phi) is 5.09. The van der Waals surface area contributed by atoms with Crippen molar-refractivity contribution < 1.29 is 4.79 Å². The van der Waals surface area contributed by atoms with Crippen LogP contribution in [-0.4, -0.2) is 46.5 Å². The van der Waals surface area contributed by atoms with E-state index in [9.17, 15) is 4.79 Å². The number of carbonyl (C=O) groups is 1. The summed E-state index contributed by atoms with van der Waals surface area (Å²) in [6.45, 7) is 2.39. The molecule has 2 atom stereocenters. The second-order valence-corrected chi connectivity index (χ2v) is 8.94. The first kappa shape index (κ1) is 19.0. The number of hydrogen-bond donors (Lipinski definition) is 0. The number of fused-ring (bicyclic) bond motifs is 2. The molecule has 0 unspecified atom stereocenters. The highest BCUT2D eigenvalue weighted by atomic mass is 32.1. The lowest BCUT2D eigenvalue weighted by molar-refractivity contribution is -0.132. The molecule has 0 bridgehead atoms. The SMILES string of the molecule is N#Cc1cc(N2CCN3C(=O)[C@@H](CCCc4cccc5ncsc45)C[C@H]3C2)ccn1. The zero-order valence-electron chi connectivity index (χ0n) is 16.7. The molecular formula is C23H23N5OS. The van der Waals surface area contributed by atoms with E-state index in [1.54, 1.807) is 17.5 Å². The Morgan fingerprint density at radius 3 is 3.07 bits per heavy atom. The molecule has 2 aliphatic heterocycles. The van der Waals surface area contributed by atoms with Gasteiger partial charge in [-0.15, -0.1) is 11.3 Å². The molecule has 0 saturated carbocycles. The van der Waals surface area contributed by atoms with Crippen molar-refractivity contribution in [2.45, 2.75) is 31.7 Å². The van der Waals surface area contributed by atoms with E-state index in [0.717, 1.165) is 56.5 Å². The molecule has 2 aromatic heterocycles. The maximum Gasteiger partial charge on any atom is 0.226 e.